The summed E-state index contributed by atoms with van der Waals surface area (Å²) in [6, 6.07) is 10.5. The summed E-state index contributed by atoms with van der Waals surface area (Å²) in [6.07, 6.45) is 4.50. The molecule has 2 amide bonds. The zero-order valence-corrected chi connectivity index (χ0v) is 11.6. The molecule has 1 aromatic rings. The number of nitrogens with zero attached hydrogens (tertiary/aromatic N) is 1. The van der Waals surface area contributed by atoms with E-state index in [1.54, 1.807) is 0 Å². The Morgan fingerprint density at radius 3 is 2.68 bits per heavy atom. The van der Waals surface area contributed by atoms with Crippen molar-refractivity contribution in [3.05, 3.63) is 35.9 Å². The zero-order valence-electron chi connectivity index (χ0n) is 11.6. The van der Waals surface area contributed by atoms with Crippen LogP contribution in [0.15, 0.2) is 30.3 Å². The van der Waals surface area contributed by atoms with Crippen LogP contribution in [0.4, 0.5) is 4.79 Å². The number of likely N-dealkylation sites (tertiary alicyclic amines) is 1. The molecule has 1 heterocycles. The highest BCUT2D eigenvalue weighted by Crippen LogP contribution is 2.45. The van der Waals surface area contributed by atoms with Gasteiger partial charge in [-0.1, -0.05) is 37.3 Å². The van der Waals surface area contributed by atoms with Gasteiger partial charge in [-0.15, -0.1) is 0 Å². The Balaban J connectivity index is 1.66. The van der Waals surface area contributed by atoms with Crippen LogP contribution in [0, 0.1) is 5.92 Å². The summed E-state index contributed by atoms with van der Waals surface area (Å²) in [4.78, 5) is 14.4. The van der Waals surface area contributed by atoms with E-state index in [1.165, 1.54) is 12.0 Å². The van der Waals surface area contributed by atoms with Crippen LogP contribution in [0.1, 0.15) is 38.2 Å². The minimum absolute atomic E-state index is 0.0843. The highest BCUT2D eigenvalue weighted by atomic mass is 16.2. The molecular formula is C16H22N2O. The molecule has 0 bridgehead atoms. The van der Waals surface area contributed by atoms with E-state index < -0.39 is 0 Å². The van der Waals surface area contributed by atoms with E-state index in [1.807, 2.05) is 23.1 Å². The molecule has 0 aromatic heterocycles. The van der Waals surface area contributed by atoms with Crippen molar-refractivity contribution in [2.24, 2.45) is 5.92 Å². The molecule has 102 valence electrons. The van der Waals surface area contributed by atoms with Gasteiger partial charge in [0, 0.05) is 13.1 Å². The van der Waals surface area contributed by atoms with E-state index in [0.717, 1.165) is 32.4 Å². The average Bonchev–Trinajstić information content (AvgIpc) is 3.21. The number of benzene rings is 1. The molecule has 1 aliphatic heterocycles. The lowest BCUT2D eigenvalue weighted by atomic mass is 10.0. The number of amides is 2. The predicted octanol–water partition coefficient (Wildman–Crippen LogP) is 3.12. The Labute approximate surface area is 115 Å². The summed E-state index contributed by atoms with van der Waals surface area (Å²) in [6.45, 7) is 4.03. The van der Waals surface area contributed by atoms with Gasteiger partial charge in [-0.2, -0.15) is 0 Å². The van der Waals surface area contributed by atoms with Crippen LogP contribution in [-0.4, -0.2) is 24.0 Å². The normalized spacial score (nSPS) is 24.9. The maximum atomic E-state index is 12.4. The van der Waals surface area contributed by atoms with Crippen LogP contribution in [0.2, 0.25) is 0 Å². The van der Waals surface area contributed by atoms with Crippen molar-refractivity contribution in [1.82, 2.24) is 10.2 Å². The van der Waals surface area contributed by atoms with E-state index in [2.05, 4.69) is 24.4 Å². The second kappa shape index (κ2) is 4.87. The Morgan fingerprint density at radius 2 is 2.05 bits per heavy atom. The SMILES string of the molecule is CC1CCCN(C(=O)NC2(c3ccccc3)CC2)C1. The van der Waals surface area contributed by atoms with Crippen LogP contribution in [-0.2, 0) is 5.54 Å². The van der Waals surface area contributed by atoms with Gasteiger partial charge in [0.15, 0.2) is 0 Å². The number of rotatable bonds is 2. The molecule has 2 fully saturated rings. The average molecular weight is 258 g/mol. The quantitative estimate of drug-likeness (QED) is 0.868. The fraction of sp³-hybridized carbons (Fsp3) is 0.562. The third-order valence-corrected chi connectivity index (χ3v) is 4.37. The van der Waals surface area contributed by atoms with Crippen molar-refractivity contribution in [2.75, 3.05) is 13.1 Å². The Kier molecular flexibility index (Phi) is 3.21. The first-order chi connectivity index (χ1) is 9.20. The van der Waals surface area contributed by atoms with Gasteiger partial charge in [0.05, 0.1) is 5.54 Å². The molecule has 3 rings (SSSR count). The number of hydrogen-bond acceptors (Lipinski definition) is 1. The minimum Gasteiger partial charge on any atom is -0.328 e. The van der Waals surface area contributed by atoms with Gasteiger partial charge in [0.2, 0.25) is 0 Å². The fourth-order valence-corrected chi connectivity index (χ4v) is 3.03. The standard InChI is InChI=1S/C16H22N2O/c1-13-6-5-11-18(12-13)15(19)17-16(9-10-16)14-7-3-2-4-8-14/h2-4,7-8,13H,5-6,9-12H2,1H3,(H,17,19). The number of hydrogen-bond donors (Lipinski definition) is 1. The fourth-order valence-electron chi connectivity index (χ4n) is 3.03. The second-order valence-electron chi connectivity index (χ2n) is 6.07. The van der Waals surface area contributed by atoms with Gasteiger partial charge in [-0.05, 0) is 37.2 Å². The molecule has 0 radical (unpaired) electrons. The van der Waals surface area contributed by atoms with Crippen LogP contribution >= 0.6 is 0 Å². The first-order valence-corrected chi connectivity index (χ1v) is 7.32. The molecule has 3 heteroatoms. The van der Waals surface area contributed by atoms with Crippen LogP contribution in [0.5, 0.6) is 0 Å². The highest BCUT2D eigenvalue weighted by Gasteiger charge is 2.46. The van der Waals surface area contributed by atoms with Crippen molar-refractivity contribution in [2.45, 2.75) is 38.1 Å². The molecule has 1 aliphatic carbocycles. The van der Waals surface area contributed by atoms with E-state index in [-0.39, 0.29) is 11.6 Å². The first-order valence-electron chi connectivity index (χ1n) is 7.32. The lowest BCUT2D eigenvalue weighted by molar-refractivity contribution is 0.165. The van der Waals surface area contributed by atoms with E-state index in [4.69, 9.17) is 0 Å². The summed E-state index contributed by atoms with van der Waals surface area (Å²) in [7, 11) is 0. The maximum Gasteiger partial charge on any atom is 0.318 e. The molecule has 3 nitrogen and oxygen atoms in total. The first kappa shape index (κ1) is 12.5. The molecule has 1 atom stereocenters. The molecule has 1 unspecified atom stereocenters. The number of carbonyl (C=O) groups excluding carboxylic acids is 1. The molecule has 19 heavy (non-hydrogen) atoms. The van der Waals surface area contributed by atoms with E-state index in [9.17, 15) is 4.79 Å². The van der Waals surface area contributed by atoms with Crippen molar-refractivity contribution >= 4 is 6.03 Å². The number of urea groups is 1. The third-order valence-electron chi connectivity index (χ3n) is 4.37. The van der Waals surface area contributed by atoms with Crippen LogP contribution in [0.3, 0.4) is 0 Å². The van der Waals surface area contributed by atoms with Gasteiger partial charge >= 0.3 is 6.03 Å². The van der Waals surface area contributed by atoms with E-state index in [0.29, 0.717) is 5.92 Å². The van der Waals surface area contributed by atoms with E-state index >= 15 is 0 Å². The molecule has 2 aliphatic rings. The van der Waals surface area contributed by atoms with Gasteiger partial charge in [-0.25, -0.2) is 4.79 Å². The Morgan fingerprint density at radius 1 is 1.32 bits per heavy atom. The van der Waals surface area contributed by atoms with Crippen molar-refractivity contribution < 1.29 is 4.79 Å². The summed E-state index contributed by atoms with van der Waals surface area (Å²) >= 11 is 0. The van der Waals surface area contributed by atoms with Gasteiger partial charge in [0.1, 0.15) is 0 Å². The van der Waals surface area contributed by atoms with Crippen LogP contribution in [0.25, 0.3) is 0 Å². The van der Waals surface area contributed by atoms with Gasteiger partial charge < -0.3 is 10.2 Å². The summed E-state index contributed by atoms with van der Waals surface area (Å²) in [5.41, 5.74) is 1.16. The molecule has 1 N–H and O–H groups in total. The highest BCUT2D eigenvalue weighted by molar-refractivity contribution is 5.76. The smallest absolute Gasteiger partial charge is 0.318 e. The minimum atomic E-state index is -0.0843. The monoisotopic (exact) mass is 258 g/mol. The predicted molar refractivity (Wildman–Crippen MR) is 75.9 cm³/mol. The Bertz CT molecular complexity index is 453. The molecule has 0 spiro atoms. The largest absolute Gasteiger partial charge is 0.328 e. The maximum absolute atomic E-state index is 12.4. The second-order valence-corrected chi connectivity index (χ2v) is 6.07. The number of nitrogens with one attached hydrogen (secondary N) is 1. The van der Waals surface area contributed by atoms with Crippen molar-refractivity contribution in [3.8, 4) is 0 Å². The Hall–Kier alpha value is -1.51. The molecule has 1 saturated heterocycles. The van der Waals surface area contributed by atoms with Gasteiger partial charge in [-0.3, -0.25) is 0 Å². The number of piperidine rings is 1. The zero-order chi connectivity index (χ0) is 13.3. The summed E-state index contributed by atoms with van der Waals surface area (Å²) < 4.78 is 0. The summed E-state index contributed by atoms with van der Waals surface area (Å²) in [5, 5.41) is 3.26. The van der Waals surface area contributed by atoms with Gasteiger partial charge in [0.25, 0.3) is 0 Å². The topological polar surface area (TPSA) is 32.3 Å². The summed E-state index contributed by atoms with van der Waals surface area (Å²) in [5.74, 6) is 0.631. The lowest BCUT2D eigenvalue weighted by Crippen LogP contribution is -2.48. The third kappa shape index (κ3) is 2.60. The van der Waals surface area contributed by atoms with Crippen molar-refractivity contribution in [3.63, 3.8) is 0 Å². The number of carbonyl (C=O) groups is 1. The van der Waals surface area contributed by atoms with Crippen LogP contribution < -0.4 is 5.32 Å². The molecule has 1 aromatic carbocycles. The molecular weight excluding hydrogens is 236 g/mol. The molecule has 1 saturated carbocycles. The van der Waals surface area contributed by atoms with Crippen molar-refractivity contribution in [1.29, 1.82) is 0 Å². The lowest BCUT2D eigenvalue weighted by Gasteiger charge is -2.32.